The molecule has 2 aromatic carbocycles. The van der Waals surface area contributed by atoms with Crippen LogP contribution in [0.25, 0.3) is 0 Å². The number of carbonyl (C=O) groups excluding carboxylic acids is 1. The Bertz CT molecular complexity index is 884. The molecule has 3 N–H and O–H groups in total. The van der Waals surface area contributed by atoms with Gasteiger partial charge >= 0.3 is 18.4 Å². The van der Waals surface area contributed by atoms with E-state index < -0.39 is 41.7 Å². The van der Waals surface area contributed by atoms with Crippen molar-refractivity contribution in [3.8, 4) is 0 Å². The summed E-state index contributed by atoms with van der Waals surface area (Å²) in [6.07, 6.45) is -9.89. The summed E-state index contributed by atoms with van der Waals surface area (Å²) in [6.45, 7) is -0.734. The summed E-state index contributed by atoms with van der Waals surface area (Å²) in [6, 6.07) is 9.26. The molecular formula is C19H17F6N3O2. The maximum absolute atomic E-state index is 13.0. The monoisotopic (exact) mass is 433 g/mol. The fraction of sp³-hybridized carbons (Fsp3) is 0.316. The Morgan fingerprint density at radius 3 is 2.03 bits per heavy atom. The van der Waals surface area contributed by atoms with E-state index in [-0.39, 0.29) is 24.8 Å². The molecule has 0 bridgehead atoms. The summed E-state index contributed by atoms with van der Waals surface area (Å²) >= 11 is 0. The summed E-state index contributed by atoms with van der Waals surface area (Å²) in [5.41, 5.74) is -3.60. The molecule has 1 unspecified atom stereocenters. The number of alkyl halides is 6. The fourth-order valence-electron chi connectivity index (χ4n) is 3.21. The number of nitrogens with two attached hydrogens (primary N) is 1. The van der Waals surface area contributed by atoms with Gasteiger partial charge in [-0.05, 0) is 29.3 Å². The minimum atomic E-state index is -4.94. The van der Waals surface area contributed by atoms with Crippen molar-refractivity contribution >= 4 is 6.03 Å². The van der Waals surface area contributed by atoms with Crippen LogP contribution >= 0.6 is 0 Å². The molecule has 0 radical (unpaired) electrons. The minimum absolute atomic E-state index is 0.00619. The van der Waals surface area contributed by atoms with Crippen LogP contribution in [0.1, 0.15) is 22.3 Å². The number of hydrogen-bond donors (Lipinski definition) is 2. The van der Waals surface area contributed by atoms with Crippen molar-refractivity contribution in [3.05, 3.63) is 70.8 Å². The maximum Gasteiger partial charge on any atom is 0.416 e. The highest BCUT2D eigenvalue weighted by molar-refractivity contribution is 5.77. The number of hydrazine groups is 1. The lowest BCUT2D eigenvalue weighted by atomic mass is 9.91. The highest BCUT2D eigenvalue weighted by Gasteiger charge is 2.43. The second-order valence-corrected chi connectivity index (χ2v) is 6.91. The molecule has 162 valence electrons. The Morgan fingerprint density at radius 2 is 1.57 bits per heavy atom. The number of rotatable bonds is 5. The van der Waals surface area contributed by atoms with E-state index in [2.05, 4.69) is 5.32 Å². The second kappa shape index (κ2) is 7.80. The molecule has 2 amide bonds. The summed E-state index contributed by atoms with van der Waals surface area (Å²) in [5.74, 6) is 5.63. The second-order valence-electron chi connectivity index (χ2n) is 6.91. The molecule has 0 aromatic heterocycles. The van der Waals surface area contributed by atoms with Crippen LogP contribution in [0.15, 0.2) is 48.5 Å². The number of carbonyl (C=O) groups is 1. The normalized spacial score (nSPS) is 19.8. The Labute approximate surface area is 167 Å². The van der Waals surface area contributed by atoms with Crippen LogP contribution in [-0.4, -0.2) is 24.2 Å². The van der Waals surface area contributed by atoms with Crippen molar-refractivity contribution in [1.82, 2.24) is 10.3 Å². The summed E-state index contributed by atoms with van der Waals surface area (Å²) in [4.78, 5) is 11.9. The Kier molecular flexibility index (Phi) is 5.70. The molecule has 11 heteroatoms. The molecule has 0 aliphatic carbocycles. The van der Waals surface area contributed by atoms with Gasteiger partial charge in [0.1, 0.15) is 5.54 Å². The molecule has 1 heterocycles. The van der Waals surface area contributed by atoms with E-state index in [4.69, 9.17) is 10.6 Å². The molecule has 1 atom stereocenters. The van der Waals surface area contributed by atoms with E-state index in [0.29, 0.717) is 17.7 Å². The van der Waals surface area contributed by atoms with Gasteiger partial charge in [0.05, 0.1) is 30.9 Å². The van der Waals surface area contributed by atoms with Crippen LogP contribution in [0.3, 0.4) is 0 Å². The topological polar surface area (TPSA) is 67.6 Å². The quantitative estimate of drug-likeness (QED) is 0.425. The number of urea groups is 1. The van der Waals surface area contributed by atoms with Crippen LogP contribution < -0.4 is 11.2 Å². The third-order valence-corrected chi connectivity index (χ3v) is 4.64. The standard InChI is InChI=1S/C19H17F6N3O2/c20-18(21,22)14-6-12(7-15(8-14)19(23,24)25)9-30-11-17(10-28(26)16(29)27-17)13-4-2-1-3-5-13/h1-8H,9-11,26H2,(H,27,29). The van der Waals surface area contributed by atoms with E-state index in [1.54, 1.807) is 30.3 Å². The first-order valence-electron chi connectivity index (χ1n) is 8.67. The summed E-state index contributed by atoms with van der Waals surface area (Å²) in [5, 5.41) is 3.59. The largest absolute Gasteiger partial charge is 0.416 e. The van der Waals surface area contributed by atoms with Crippen LogP contribution in [-0.2, 0) is 29.2 Å². The first-order chi connectivity index (χ1) is 13.9. The molecule has 1 aliphatic heterocycles. The average molecular weight is 433 g/mol. The Balaban J connectivity index is 1.83. The van der Waals surface area contributed by atoms with Gasteiger partial charge in [0.2, 0.25) is 0 Å². The lowest BCUT2D eigenvalue weighted by Gasteiger charge is -2.28. The van der Waals surface area contributed by atoms with E-state index >= 15 is 0 Å². The van der Waals surface area contributed by atoms with Crippen molar-refractivity contribution in [3.63, 3.8) is 0 Å². The van der Waals surface area contributed by atoms with Gasteiger partial charge in [-0.3, -0.25) is 5.01 Å². The minimum Gasteiger partial charge on any atom is -0.374 e. The van der Waals surface area contributed by atoms with Crippen molar-refractivity contribution in [2.75, 3.05) is 13.2 Å². The predicted molar refractivity (Wildman–Crippen MR) is 93.6 cm³/mol. The highest BCUT2D eigenvalue weighted by Crippen LogP contribution is 2.36. The van der Waals surface area contributed by atoms with Gasteiger partial charge in [-0.25, -0.2) is 10.6 Å². The Hall–Kier alpha value is -2.79. The van der Waals surface area contributed by atoms with E-state index in [9.17, 15) is 31.1 Å². The van der Waals surface area contributed by atoms with Gasteiger partial charge in [-0.15, -0.1) is 0 Å². The molecule has 5 nitrogen and oxygen atoms in total. The molecule has 1 fully saturated rings. The number of hydrogen-bond acceptors (Lipinski definition) is 3. The number of benzene rings is 2. The molecule has 0 spiro atoms. The van der Waals surface area contributed by atoms with Gasteiger partial charge in [-0.1, -0.05) is 30.3 Å². The van der Waals surface area contributed by atoms with Crippen LogP contribution in [0.4, 0.5) is 31.1 Å². The predicted octanol–water partition coefficient (Wildman–Crippen LogP) is 4.04. The van der Waals surface area contributed by atoms with Gasteiger partial charge < -0.3 is 10.1 Å². The zero-order chi connectivity index (χ0) is 22.2. The van der Waals surface area contributed by atoms with Crippen molar-refractivity contribution < 1.29 is 35.9 Å². The third-order valence-electron chi connectivity index (χ3n) is 4.64. The smallest absolute Gasteiger partial charge is 0.374 e. The first kappa shape index (κ1) is 21.9. The van der Waals surface area contributed by atoms with Crippen molar-refractivity contribution in [1.29, 1.82) is 0 Å². The zero-order valence-corrected chi connectivity index (χ0v) is 15.3. The number of nitrogens with zero attached hydrogens (tertiary/aromatic N) is 1. The van der Waals surface area contributed by atoms with Crippen LogP contribution in [0.2, 0.25) is 0 Å². The van der Waals surface area contributed by atoms with Crippen molar-refractivity contribution in [2.24, 2.45) is 5.84 Å². The number of amides is 2. The fourth-order valence-corrected chi connectivity index (χ4v) is 3.21. The van der Waals surface area contributed by atoms with Gasteiger partial charge in [0, 0.05) is 0 Å². The van der Waals surface area contributed by atoms with Gasteiger partial charge in [0.25, 0.3) is 0 Å². The van der Waals surface area contributed by atoms with Crippen LogP contribution in [0.5, 0.6) is 0 Å². The number of ether oxygens (including phenoxy) is 1. The summed E-state index contributed by atoms with van der Waals surface area (Å²) < 4.78 is 83.4. The van der Waals surface area contributed by atoms with Gasteiger partial charge in [0.15, 0.2) is 0 Å². The van der Waals surface area contributed by atoms with Crippen molar-refractivity contribution in [2.45, 2.75) is 24.5 Å². The maximum atomic E-state index is 13.0. The van der Waals surface area contributed by atoms with E-state index in [0.717, 1.165) is 5.01 Å². The molecule has 2 aromatic rings. The zero-order valence-electron chi connectivity index (χ0n) is 15.3. The molecule has 3 rings (SSSR count). The first-order valence-corrected chi connectivity index (χ1v) is 8.67. The van der Waals surface area contributed by atoms with Crippen LogP contribution in [0, 0.1) is 0 Å². The van der Waals surface area contributed by atoms with Gasteiger partial charge in [-0.2, -0.15) is 26.3 Å². The molecule has 1 saturated heterocycles. The Morgan fingerprint density at radius 1 is 1.00 bits per heavy atom. The lowest BCUT2D eigenvalue weighted by Crippen LogP contribution is -2.44. The number of nitrogens with one attached hydrogen (secondary N) is 1. The third kappa shape index (κ3) is 4.68. The SMILES string of the molecule is NN1CC(COCc2cc(C(F)(F)F)cc(C(F)(F)F)c2)(c2ccccc2)NC1=O. The average Bonchev–Trinajstić information content (AvgIpc) is 2.96. The molecule has 1 aliphatic rings. The van der Waals surface area contributed by atoms with E-state index in [1.807, 2.05) is 0 Å². The molecule has 0 saturated carbocycles. The molecule has 30 heavy (non-hydrogen) atoms. The summed E-state index contributed by atoms with van der Waals surface area (Å²) in [7, 11) is 0. The van der Waals surface area contributed by atoms with E-state index in [1.165, 1.54) is 0 Å². The number of halogens is 6. The lowest BCUT2D eigenvalue weighted by molar-refractivity contribution is -0.143. The highest BCUT2D eigenvalue weighted by atomic mass is 19.4. The molecular weight excluding hydrogens is 416 g/mol.